The Hall–Kier alpha value is -1.25. The Morgan fingerprint density at radius 1 is 1.00 bits per heavy atom. The molecule has 0 aromatic rings. The van der Waals surface area contributed by atoms with Gasteiger partial charge in [0.1, 0.15) is 0 Å². The molecule has 1 aliphatic rings. The molecule has 3 nitrogen and oxygen atoms in total. The minimum Gasteiger partial charge on any atom is -0.139 e. The molecule has 40 valence electrons. The Morgan fingerprint density at radius 2 is 2.00 bits per heavy atom. The van der Waals surface area contributed by atoms with E-state index in [0.29, 0.717) is 0 Å². The van der Waals surface area contributed by atoms with E-state index in [9.17, 15) is 0 Å². The van der Waals surface area contributed by atoms with E-state index >= 15 is 0 Å². The van der Waals surface area contributed by atoms with Gasteiger partial charge in [-0.2, -0.15) is 0 Å². The Labute approximate surface area is 47.1 Å². The van der Waals surface area contributed by atoms with Crippen LogP contribution in [0.2, 0.25) is 0 Å². The van der Waals surface area contributed by atoms with Crippen LogP contribution in [0.3, 0.4) is 0 Å². The average Bonchev–Trinajstić information content (AvgIpc) is 1.62. The first-order valence-electron chi connectivity index (χ1n) is 2.25. The van der Waals surface area contributed by atoms with Crippen LogP contribution in [0.4, 0.5) is 0 Å². The molecule has 0 fully saturated rings. The molecule has 0 saturated heterocycles. The number of rotatable bonds is 0. The third kappa shape index (κ3) is 1.47. The highest BCUT2D eigenvalue weighted by atomic mass is 15.3. The van der Waals surface area contributed by atoms with Gasteiger partial charge in [-0.25, -0.2) is 0 Å². The highest BCUT2D eigenvalue weighted by molar-refractivity contribution is 5.71. The maximum absolute atomic E-state index is 3.53. The molecule has 0 spiro atoms. The molecular weight excluding hydrogens is 102 g/mol. The largest absolute Gasteiger partial charge is 0.139 e. The van der Waals surface area contributed by atoms with Crippen molar-refractivity contribution in [2.24, 2.45) is 15.4 Å². The molecule has 0 amide bonds. The lowest BCUT2D eigenvalue weighted by Crippen LogP contribution is -1.62. The maximum Gasteiger partial charge on any atom is 0.0513 e. The van der Waals surface area contributed by atoms with Crippen LogP contribution in [0, 0.1) is 0 Å². The van der Waals surface area contributed by atoms with Crippen molar-refractivity contribution in [1.82, 2.24) is 0 Å². The van der Waals surface area contributed by atoms with Crippen molar-refractivity contribution >= 4 is 6.21 Å². The predicted octanol–water partition coefficient (Wildman–Crippen LogP) is 1.51. The van der Waals surface area contributed by atoms with Gasteiger partial charge in [-0.15, -0.1) is 10.2 Å². The van der Waals surface area contributed by atoms with Gasteiger partial charge >= 0.3 is 0 Å². The molecule has 0 aromatic heterocycles. The third-order valence-electron chi connectivity index (χ3n) is 0.631. The van der Waals surface area contributed by atoms with Gasteiger partial charge < -0.3 is 0 Å². The van der Waals surface area contributed by atoms with Gasteiger partial charge in [0.25, 0.3) is 0 Å². The summed E-state index contributed by atoms with van der Waals surface area (Å²) >= 11 is 0. The summed E-state index contributed by atoms with van der Waals surface area (Å²) in [5, 5.41) is 10.4. The first kappa shape index (κ1) is 4.90. The van der Waals surface area contributed by atoms with E-state index in [4.69, 9.17) is 0 Å². The van der Waals surface area contributed by atoms with Crippen LogP contribution in [-0.2, 0) is 0 Å². The average molecular weight is 107 g/mol. The van der Waals surface area contributed by atoms with E-state index in [2.05, 4.69) is 15.4 Å². The van der Waals surface area contributed by atoms with Crippen LogP contribution >= 0.6 is 0 Å². The summed E-state index contributed by atoms with van der Waals surface area (Å²) in [6, 6.07) is 0. The summed E-state index contributed by atoms with van der Waals surface area (Å²) in [7, 11) is 0. The van der Waals surface area contributed by atoms with E-state index in [1.807, 2.05) is 6.08 Å². The Kier molecular flexibility index (Phi) is 1.74. The summed E-state index contributed by atoms with van der Waals surface area (Å²) in [6.45, 7) is 0. The summed E-state index contributed by atoms with van der Waals surface area (Å²) < 4.78 is 0. The van der Waals surface area contributed by atoms with Crippen molar-refractivity contribution in [1.29, 1.82) is 0 Å². The SMILES string of the molecule is C1=C/C=N\N=NC=C1. The fourth-order valence-corrected chi connectivity index (χ4v) is 0.330. The second-order valence-electron chi connectivity index (χ2n) is 1.20. The van der Waals surface area contributed by atoms with Crippen molar-refractivity contribution in [3.8, 4) is 0 Å². The number of hydrogen-bond donors (Lipinski definition) is 0. The fraction of sp³-hybridized carbons (Fsp3) is 0. The second kappa shape index (κ2) is 2.85. The van der Waals surface area contributed by atoms with Crippen LogP contribution in [0.15, 0.2) is 39.9 Å². The van der Waals surface area contributed by atoms with Crippen molar-refractivity contribution < 1.29 is 0 Å². The molecule has 0 aromatic carbocycles. The molecule has 3 heteroatoms. The van der Waals surface area contributed by atoms with Gasteiger partial charge in [-0.05, 0) is 17.4 Å². The number of hydrogen-bond acceptors (Lipinski definition) is 3. The molecule has 0 N–H and O–H groups in total. The van der Waals surface area contributed by atoms with Gasteiger partial charge in [-0.3, -0.25) is 0 Å². The topological polar surface area (TPSA) is 37.1 Å². The van der Waals surface area contributed by atoms with Crippen molar-refractivity contribution in [3.05, 3.63) is 24.4 Å². The van der Waals surface area contributed by atoms with Crippen molar-refractivity contribution in [2.75, 3.05) is 0 Å². The molecule has 1 rings (SSSR count). The molecular formula is C5H5N3. The molecule has 0 bridgehead atoms. The monoisotopic (exact) mass is 107 g/mol. The van der Waals surface area contributed by atoms with E-state index in [0.717, 1.165) is 0 Å². The van der Waals surface area contributed by atoms with E-state index in [1.165, 1.54) is 0 Å². The van der Waals surface area contributed by atoms with Gasteiger partial charge in [0, 0.05) is 0 Å². The van der Waals surface area contributed by atoms with E-state index < -0.39 is 0 Å². The molecule has 0 radical (unpaired) electrons. The third-order valence-corrected chi connectivity index (χ3v) is 0.631. The Morgan fingerprint density at radius 3 is 3.00 bits per heavy atom. The highest BCUT2D eigenvalue weighted by Crippen LogP contribution is 1.84. The summed E-state index contributed by atoms with van der Waals surface area (Å²) in [5.41, 5.74) is 0. The molecule has 0 atom stereocenters. The van der Waals surface area contributed by atoms with Crippen LogP contribution in [-0.4, -0.2) is 6.21 Å². The van der Waals surface area contributed by atoms with Crippen LogP contribution in [0.5, 0.6) is 0 Å². The Bertz CT molecular complexity index is 109. The number of nitrogens with zero attached hydrogens (tertiary/aromatic N) is 3. The zero-order valence-corrected chi connectivity index (χ0v) is 4.23. The molecule has 1 heterocycles. The molecule has 0 saturated carbocycles. The zero-order chi connectivity index (χ0) is 5.66. The van der Waals surface area contributed by atoms with E-state index in [1.54, 1.807) is 24.6 Å². The van der Waals surface area contributed by atoms with Gasteiger partial charge in [0.15, 0.2) is 0 Å². The van der Waals surface area contributed by atoms with Crippen molar-refractivity contribution in [3.63, 3.8) is 0 Å². The second-order valence-corrected chi connectivity index (χ2v) is 1.20. The van der Waals surface area contributed by atoms with Gasteiger partial charge in [-0.1, -0.05) is 6.08 Å². The normalized spacial score (nSPS) is 20.0. The Balaban J connectivity index is 2.67. The molecule has 0 aliphatic carbocycles. The van der Waals surface area contributed by atoms with Crippen molar-refractivity contribution in [2.45, 2.75) is 0 Å². The summed E-state index contributed by atoms with van der Waals surface area (Å²) in [5.74, 6) is 0. The first-order chi connectivity index (χ1) is 4.00. The maximum atomic E-state index is 3.53. The van der Waals surface area contributed by atoms with Crippen LogP contribution in [0.1, 0.15) is 0 Å². The zero-order valence-electron chi connectivity index (χ0n) is 4.23. The predicted molar refractivity (Wildman–Crippen MR) is 31.6 cm³/mol. The van der Waals surface area contributed by atoms with Crippen LogP contribution in [0.25, 0.3) is 0 Å². The lowest BCUT2D eigenvalue weighted by Gasteiger charge is -1.75. The van der Waals surface area contributed by atoms with E-state index in [-0.39, 0.29) is 0 Å². The molecule has 1 aliphatic heterocycles. The lowest BCUT2D eigenvalue weighted by molar-refractivity contribution is 1.06. The van der Waals surface area contributed by atoms with Crippen LogP contribution < -0.4 is 0 Å². The highest BCUT2D eigenvalue weighted by Gasteiger charge is 1.67. The quantitative estimate of drug-likeness (QED) is 0.450. The lowest BCUT2D eigenvalue weighted by atomic mass is 10.5. The standard InChI is InChI=1S/C5H5N3/c1-2-4-6-8-7-5-3-1/h1-5H/b2-1?,3-1?,4-2?,5-3?,6-4-,7-5?,8-6?,8-7?. The number of allylic oxidation sites excluding steroid dienone is 3. The smallest absolute Gasteiger partial charge is 0.0513 e. The molecule has 0 unspecified atom stereocenters. The van der Waals surface area contributed by atoms with Gasteiger partial charge in [0.05, 0.1) is 12.4 Å². The minimum atomic E-state index is 1.58. The fourth-order valence-electron chi connectivity index (χ4n) is 0.330. The minimum absolute atomic E-state index is 1.58. The molecule has 8 heavy (non-hydrogen) atoms. The van der Waals surface area contributed by atoms with Gasteiger partial charge in [0.2, 0.25) is 0 Å². The summed E-state index contributed by atoms with van der Waals surface area (Å²) in [6.07, 6.45) is 8.56. The first-order valence-corrected chi connectivity index (χ1v) is 2.25. The summed E-state index contributed by atoms with van der Waals surface area (Å²) in [4.78, 5) is 0.